The van der Waals surface area contributed by atoms with Gasteiger partial charge in [-0.15, -0.1) is 0 Å². The van der Waals surface area contributed by atoms with Crippen molar-refractivity contribution in [2.75, 3.05) is 33.0 Å². The van der Waals surface area contributed by atoms with Crippen LogP contribution in [-0.4, -0.2) is 79.0 Å². The molecule has 0 atom stereocenters. The fourth-order valence-electron chi connectivity index (χ4n) is 4.36. The molecule has 0 fully saturated rings. The van der Waals surface area contributed by atoms with E-state index in [9.17, 15) is 20.4 Å². The van der Waals surface area contributed by atoms with Crippen molar-refractivity contribution < 1.29 is 53.8 Å². The molecule has 0 spiro atoms. The minimum absolute atomic E-state index is 0.252. The third-order valence-electron chi connectivity index (χ3n) is 7.17. The molecule has 0 radical (unpaired) electrons. The van der Waals surface area contributed by atoms with E-state index in [1.54, 1.807) is 0 Å². The Bertz CT molecular complexity index is 523. The number of aliphatic hydroxyl groups excluding tert-OH is 3. The average Bonchev–Trinajstić information content (AvgIpc) is 2.91. The van der Waals surface area contributed by atoms with Crippen LogP contribution in [0.15, 0.2) is 0 Å². The Balaban J connectivity index is 0. The largest absolute Gasteiger partial charge is 0.395 e. The van der Waals surface area contributed by atoms with Crippen LogP contribution in [0.25, 0.3) is 0 Å². The predicted octanol–water partition coefficient (Wildman–Crippen LogP) is 5.61. The lowest BCUT2D eigenvalue weighted by Crippen LogP contribution is -2.59. The molecule has 0 aliphatic heterocycles. The van der Waals surface area contributed by atoms with E-state index in [4.69, 9.17) is 29.0 Å². The van der Waals surface area contributed by atoms with E-state index in [-0.39, 0.29) is 13.2 Å². The maximum absolute atomic E-state index is 11.1. The van der Waals surface area contributed by atoms with E-state index in [2.05, 4.69) is 32.0 Å². The molecule has 8 N–H and O–H groups in total. The lowest BCUT2D eigenvalue weighted by molar-refractivity contribution is -0.426. The third-order valence-corrected chi connectivity index (χ3v) is 8.34. The van der Waals surface area contributed by atoms with Gasteiger partial charge in [0.2, 0.25) is 0 Å². The molecule has 0 bridgehead atoms. The summed E-state index contributed by atoms with van der Waals surface area (Å²) in [6.07, 6.45) is 18.4. The molecule has 0 aromatic rings. The SMILES string of the molecule is CC(C)CCCCCCCCCOC(O)(OCCCCCCCCCC(C)C)C(CO)(CO)CO.OP(O)OP(O)O. The molecule has 0 unspecified atom stereocenters. The highest BCUT2D eigenvalue weighted by molar-refractivity contribution is 7.53. The zero-order valence-corrected chi connectivity index (χ0v) is 28.5. The summed E-state index contributed by atoms with van der Waals surface area (Å²) in [5, 5.41) is 40.6. The summed E-state index contributed by atoms with van der Waals surface area (Å²) < 4.78 is 15.0. The molecule has 13 heteroatoms. The molecule has 0 aromatic heterocycles. The first-order chi connectivity index (χ1) is 19.9. The lowest BCUT2D eigenvalue weighted by atomic mass is 9.87. The average molecular weight is 651 g/mol. The van der Waals surface area contributed by atoms with Gasteiger partial charge >= 0.3 is 17.2 Å². The Morgan fingerprint density at radius 1 is 0.500 bits per heavy atom. The fraction of sp³-hybridized carbons (Fsp3) is 1.00. The molecule has 42 heavy (non-hydrogen) atoms. The van der Waals surface area contributed by atoms with Gasteiger partial charge in [0, 0.05) is 0 Å². The first kappa shape index (κ1) is 44.5. The Hall–Kier alpha value is 0.420. The first-order valence-electron chi connectivity index (χ1n) is 15.8. The number of aliphatic hydroxyl groups is 4. The zero-order valence-electron chi connectivity index (χ0n) is 26.7. The van der Waals surface area contributed by atoms with Crippen LogP contribution in [0.5, 0.6) is 0 Å². The second-order valence-electron chi connectivity index (χ2n) is 11.9. The van der Waals surface area contributed by atoms with Crippen molar-refractivity contribution in [3.05, 3.63) is 0 Å². The van der Waals surface area contributed by atoms with Crippen LogP contribution in [0.1, 0.15) is 130 Å². The zero-order chi connectivity index (χ0) is 32.3. The van der Waals surface area contributed by atoms with Crippen molar-refractivity contribution in [1.82, 2.24) is 0 Å². The summed E-state index contributed by atoms with van der Waals surface area (Å²) in [5.74, 6) is -0.651. The smallest absolute Gasteiger partial charge is 0.334 e. The Morgan fingerprint density at radius 3 is 1.02 bits per heavy atom. The molecule has 0 saturated carbocycles. The minimum atomic E-state index is -2.61. The highest BCUT2D eigenvalue weighted by Crippen LogP contribution is 2.41. The van der Waals surface area contributed by atoms with Crippen LogP contribution in [-0.2, 0) is 13.8 Å². The van der Waals surface area contributed by atoms with E-state index in [0.29, 0.717) is 0 Å². The topological polar surface area (TPSA) is 190 Å². The molecule has 0 rings (SSSR count). The Labute approximate surface area is 257 Å². The molecule has 256 valence electrons. The van der Waals surface area contributed by atoms with Crippen molar-refractivity contribution in [2.45, 2.75) is 136 Å². The van der Waals surface area contributed by atoms with Gasteiger partial charge in [0.15, 0.2) is 0 Å². The third kappa shape index (κ3) is 24.7. The summed E-state index contributed by atoms with van der Waals surface area (Å²) in [4.78, 5) is 31.3. The summed E-state index contributed by atoms with van der Waals surface area (Å²) in [6.45, 7) is 7.66. The van der Waals surface area contributed by atoms with Gasteiger partial charge in [-0.05, 0) is 24.7 Å². The van der Waals surface area contributed by atoms with Crippen LogP contribution >= 0.6 is 17.2 Å². The van der Waals surface area contributed by atoms with Gasteiger partial charge in [-0.3, -0.25) is 0 Å². The van der Waals surface area contributed by atoms with Crippen LogP contribution in [0.3, 0.4) is 0 Å². The van der Waals surface area contributed by atoms with Gasteiger partial charge in [-0.2, -0.15) is 0 Å². The summed E-state index contributed by atoms with van der Waals surface area (Å²) in [6, 6.07) is 0. The Morgan fingerprint density at radius 2 is 0.786 bits per heavy atom. The lowest BCUT2D eigenvalue weighted by Gasteiger charge is -2.42. The fourth-order valence-corrected chi connectivity index (χ4v) is 4.88. The van der Waals surface area contributed by atoms with Crippen molar-refractivity contribution in [2.24, 2.45) is 17.3 Å². The number of ether oxygens (including phenoxy) is 2. The van der Waals surface area contributed by atoms with Crippen molar-refractivity contribution in [1.29, 1.82) is 0 Å². The molecular formula is C29H64O11P2. The molecule has 0 aliphatic carbocycles. The molecular weight excluding hydrogens is 586 g/mol. The van der Waals surface area contributed by atoms with Crippen LogP contribution < -0.4 is 0 Å². The first-order valence-corrected chi connectivity index (χ1v) is 18.1. The Kier molecular flexibility index (Phi) is 30.6. The van der Waals surface area contributed by atoms with E-state index in [1.807, 2.05) is 0 Å². The van der Waals surface area contributed by atoms with Crippen LogP contribution in [0.4, 0.5) is 0 Å². The summed E-state index contributed by atoms with van der Waals surface area (Å²) in [7, 11) is -5.22. The predicted molar refractivity (Wildman–Crippen MR) is 168 cm³/mol. The van der Waals surface area contributed by atoms with Gasteiger partial charge in [0.05, 0.1) is 33.0 Å². The second kappa shape index (κ2) is 28.9. The van der Waals surface area contributed by atoms with E-state index >= 15 is 0 Å². The van der Waals surface area contributed by atoms with Crippen LogP contribution in [0, 0.1) is 17.3 Å². The van der Waals surface area contributed by atoms with E-state index < -0.39 is 48.4 Å². The maximum Gasteiger partial charge on any atom is 0.334 e. The van der Waals surface area contributed by atoms with Crippen LogP contribution in [0.2, 0.25) is 0 Å². The van der Waals surface area contributed by atoms with Gasteiger partial charge in [-0.25, -0.2) is 4.31 Å². The molecule has 0 heterocycles. The number of hydrogen-bond acceptors (Lipinski definition) is 11. The summed E-state index contributed by atoms with van der Waals surface area (Å²) in [5.41, 5.74) is -1.67. The van der Waals surface area contributed by atoms with Gasteiger partial charge < -0.3 is 49.5 Å². The highest BCUT2D eigenvalue weighted by atomic mass is 31.2. The number of unbranched alkanes of at least 4 members (excludes halogenated alkanes) is 12. The number of hydrogen-bond donors (Lipinski definition) is 8. The standard InChI is InChI=1S/C29H60O6.H4O5P2/c1-26(2)19-15-11-7-5-9-13-17-21-34-29(33,28(23-30,24-31)25-32)35-22-18-14-10-6-8-12-16-20-27(3)4;1-6(2)5-7(3)4/h26-27,30-33H,5-25H2,1-4H3;1-4H. The van der Waals surface area contributed by atoms with Gasteiger partial charge in [0.25, 0.3) is 5.97 Å². The van der Waals surface area contributed by atoms with Gasteiger partial charge in [-0.1, -0.05) is 118 Å². The summed E-state index contributed by atoms with van der Waals surface area (Å²) >= 11 is 0. The normalized spacial score (nSPS) is 12.6. The van der Waals surface area contributed by atoms with Crippen molar-refractivity contribution in [3.8, 4) is 0 Å². The number of rotatable bonds is 28. The highest BCUT2D eigenvalue weighted by Gasteiger charge is 2.53. The molecule has 0 amide bonds. The minimum Gasteiger partial charge on any atom is -0.395 e. The quantitative estimate of drug-likeness (QED) is 0.0299. The maximum atomic E-state index is 11.1. The van der Waals surface area contributed by atoms with Gasteiger partial charge in [0.1, 0.15) is 5.41 Å². The van der Waals surface area contributed by atoms with Crippen molar-refractivity contribution in [3.63, 3.8) is 0 Å². The molecule has 0 saturated heterocycles. The molecule has 0 aromatic carbocycles. The molecule has 11 nitrogen and oxygen atoms in total. The van der Waals surface area contributed by atoms with Crippen molar-refractivity contribution >= 4 is 17.2 Å². The second-order valence-corrected chi connectivity index (χ2v) is 13.6. The molecule has 0 aliphatic rings. The van der Waals surface area contributed by atoms with E-state index in [0.717, 1.165) is 50.4 Å². The monoisotopic (exact) mass is 650 g/mol. The van der Waals surface area contributed by atoms with E-state index in [1.165, 1.54) is 64.2 Å².